The second kappa shape index (κ2) is 4.73. The van der Waals surface area contributed by atoms with Crippen LogP contribution in [-0.4, -0.2) is 29.3 Å². The summed E-state index contributed by atoms with van der Waals surface area (Å²) < 4.78 is 0. The van der Waals surface area contributed by atoms with Gasteiger partial charge in [-0.3, -0.25) is 10.4 Å². The molecule has 0 saturated carbocycles. The number of hydrogen-bond donors (Lipinski definition) is 3. The number of hydrazine groups is 1. The van der Waals surface area contributed by atoms with E-state index in [0.717, 1.165) is 17.5 Å². The summed E-state index contributed by atoms with van der Waals surface area (Å²) in [4.78, 5) is 13.5. The number of rotatable bonds is 3. The van der Waals surface area contributed by atoms with Crippen molar-refractivity contribution in [3.63, 3.8) is 0 Å². The molecule has 0 radical (unpaired) electrons. The van der Waals surface area contributed by atoms with E-state index in [1.165, 1.54) is 0 Å². The maximum absolute atomic E-state index is 11.4. The van der Waals surface area contributed by atoms with Crippen LogP contribution in [0.1, 0.15) is 13.8 Å². The molecule has 3 rings (SSSR count). The number of carboxylic acid groups (broad SMARTS) is 1. The summed E-state index contributed by atoms with van der Waals surface area (Å²) >= 11 is 0. The van der Waals surface area contributed by atoms with Crippen LogP contribution in [0.5, 0.6) is 5.75 Å². The van der Waals surface area contributed by atoms with Gasteiger partial charge in [-0.15, -0.1) is 0 Å². The molecule has 0 atom stereocenters. The fourth-order valence-electron chi connectivity index (χ4n) is 2.83. The highest BCUT2D eigenvalue weighted by Gasteiger charge is 2.30. The Labute approximate surface area is 121 Å². The van der Waals surface area contributed by atoms with Crippen molar-refractivity contribution in [2.24, 2.45) is 0 Å². The second-order valence-electron chi connectivity index (χ2n) is 4.89. The van der Waals surface area contributed by atoms with Crippen molar-refractivity contribution in [1.29, 1.82) is 0 Å². The van der Waals surface area contributed by atoms with Gasteiger partial charge < -0.3 is 15.1 Å². The Morgan fingerprint density at radius 3 is 2.67 bits per heavy atom. The fraction of sp³-hybridized carbons (Fsp3) is 0.267. The molecule has 110 valence electrons. The van der Waals surface area contributed by atoms with E-state index in [1.807, 2.05) is 37.1 Å². The van der Waals surface area contributed by atoms with E-state index in [-0.39, 0.29) is 11.4 Å². The van der Waals surface area contributed by atoms with Crippen LogP contribution in [0.3, 0.4) is 0 Å². The number of nitrogens with one attached hydrogen (secondary N) is 1. The molecule has 1 aromatic rings. The van der Waals surface area contributed by atoms with Gasteiger partial charge in [0.1, 0.15) is 5.75 Å². The lowest BCUT2D eigenvalue weighted by Crippen LogP contribution is -2.37. The van der Waals surface area contributed by atoms with Crippen LogP contribution in [0, 0.1) is 0 Å². The molecule has 6 nitrogen and oxygen atoms in total. The number of nitrogens with zero attached hydrogens (tertiary/aromatic N) is 2. The monoisotopic (exact) mass is 287 g/mol. The number of fused-ring (bicyclic) bond motifs is 3. The van der Waals surface area contributed by atoms with Crippen LogP contribution in [0.4, 0.5) is 11.4 Å². The lowest BCUT2D eigenvalue weighted by molar-refractivity contribution is -0.130. The molecule has 0 aliphatic carbocycles. The number of phenolic OH excluding ortho intramolecular Hbond substituents is 1. The number of hydrogen-bond acceptors (Lipinski definition) is 5. The van der Waals surface area contributed by atoms with Crippen molar-refractivity contribution < 1.29 is 15.0 Å². The van der Waals surface area contributed by atoms with Crippen molar-refractivity contribution in [2.45, 2.75) is 13.8 Å². The largest absolute Gasteiger partial charge is 0.507 e. The maximum atomic E-state index is 11.4. The summed E-state index contributed by atoms with van der Waals surface area (Å²) in [7, 11) is 0. The first-order valence-corrected chi connectivity index (χ1v) is 6.91. The van der Waals surface area contributed by atoms with Crippen molar-refractivity contribution >= 4 is 29.1 Å². The van der Waals surface area contributed by atoms with Crippen molar-refractivity contribution in [3.05, 3.63) is 28.8 Å². The number of allylic oxidation sites excluding steroid dienone is 1. The first-order chi connectivity index (χ1) is 10.1. The van der Waals surface area contributed by atoms with Gasteiger partial charge in [-0.1, -0.05) is 6.08 Å². The van der Waals surface area contributed by atoms with Crippen molar-refractivity contribution in [3.8, 4) is 5.75 Å². The van der Waals surface area contributed by atoms with Crippen molar-refractivity contribution in [2.75, 3.05) is 23.0 Å². The van der Waals surface area contributed by atoms with Gasteiger partial charge in [0.25, 0.3) is 0 Å². The minimum atomic E-state index is -1.08. The zero-order valence-corrected chi connectivity index (χ0v) is 11.9. The molecule has 0 spiro atoms. The summed E-state index contributed by atoms with van der Waals surface area (Å²) in [5.41, 5.74) is 4.51. The Balaban J connectivity index is 2.43. The van der Waals surface area contributed by atoms with E-state index in [0.29, 0.717) is 17.5 Å². The lowest BCUT2D eigenvalue weighted by Gasteiger charge is -2.28. The average molecular weight is 287 g/mol. The molecular weight excluding hydrogens is 270 g/mol. The molecule has 0 amide bonds. The summed E-state index contributed by atoms with van der Waals surface area (Å²) in [6, 6.07) is 1.62. The third-order valence-corrected chi connectivity index (χ3v) is 3.75. The van der Waals surface area contributed by atoms with Gasteiger partial charge in [0, 0.05) is 24.5 Å². The van der Waals surface area contributed by atoms with E-state index >= 15 is 0 Å². The minimum absolute atomic E-state index is 0.0118. The highest BCUT2D eigenvalue weighted by Crippen LogP contribution is 2.29. The summed E-state index contributed by atoms with van der Waals surface area (Å²) in [5.74, 6) is -1.10. The van der Waals surface area contributed by atoms with E-state index in [9.17, 15) is 15.0 Å². The van der Waals surface area contributed by atoms with Crippen LogP contribution >= 0.6 is 0 Å². The molecule has 0 aromatic heterocycles. The minimum Gasteiger partial charge on any atom is -0.507 e. The molecule has 0 unspecified atom stereocenters. The summed E-state index contributed by atoms with van der Waals surface area (Å²) in [6.07, 6.45) is 5.78. The summed E-state index contributed by atoms with van der Waals surface area (Å²) in [5, 5.41) is 22.6. The van der Waals surface area contributed by atoms with E-state index in [1.54, 1.807) is 11.1 Å². The standard InChI is InChI=1S/C15H17N3O3/c1-3-17-7-5-6-9-8-10(19)11-12(15(20)21)16-18(4-2)14(11)13(9)17/h5-8,16,19H,3-4H2,1-2H3,(H,20,21). The molecule has 0 fully saturated rings. The molecule has 3 N–H and O–H groups in total. The Morgan fingerprint density at radius 1 is 1.29 bits per heavy atom. The van der Waals surface area contributed by atoms with Gasteiger partial charge in [-0.05, 0) is 26.0 Å². The predicted molar refractivity (Wildman–Crippen MR) is 81.2 cm³/mol. The lowest BCUT2D eigenvalue weighted by atomic mass is 10.1. The third-order valence-electron chi connectivity index (χ3n) is 3.75. The van der Waals surface area contributed by atoms with Crippen LogP contribution in [0.15, 0.2) is 18.3 Å². The van der Waals surface area contributed by atoms with Gasteiger partial charge in [0.15, 0.2) is 5.70 Å². The molecule has 2 heterocycles. The molecule has 0 bridgehead atoms. The van der Waals surface area contributed by atoms with E-state index < -0.39 is 5.97 Å². The molecule has 2 aliphatic heterocycles. The maximum Gasteiger partial charge on any atom is 0.354 e. The molecular formula is C15H17N3O3. The number of carboxylic acids is 1. The Hall–Kier alpha value is -2.63. The number of phenols is 1. The quantitative estimate of drug-likeness (QED) is 0.730. The van der Waals surface area contributed by atoms with Gasteiger partial charge in [-0.25, -0.2) is 4.79 Å². The normalized spacial score (nSPS) is 15.4. The molecule has 21 heavy (non-hydrogen) atoms. The van der Waals surface area contributed by atoms with Crippen LogP contribution in [0.2, 0.25) is 0 Å². The van der Waals surface area contributed by atoms with Crippen LogP contribution in [-0.2, 0) is 4.79 Å². The summed E-state index contributed by atoms with van der Waals surface area (Å²) in [6.45, 7) is 5.30. The number of anilines is 2. The van der Waals surface area contributed by atoms with Gasteiger partial charge in [0.05, 0.1) is 16.6 Å². The Bertz CT molecular complexity index is 767. The average Bonchev–Trinajstić information content (AvgIpc) is 2.87. The number of aliphatic carboxylic acids is 1. The predicted octanol–water partition coefficient (Wildman–Crippen LogP) is 0.0636. The van der Waals surface area contributed by atoms with Crippen LogP contribution in [0.25, 0.3) is 11.8 Å². The second-order valence-corrected chi connectivity index (χ2v) is 4.89. The fourth-order valence-corrected chi connectivity index (χ4v) is 2.83. The number of aromatic hydroxyl groups is 1. The topological polar surface area (TPSA) is 76.0 Å². The van der Waals surface area contributed by atoms with Gasteiger partial charge in [0.2, 0.25) is 0 Å². The highest BCUT2D eigenvalue weighted by molar-refractivity contribution is 6.11. The molecule has 2 aliphatic rings. The molecule has 0 saturated heterocycles. The first kappa shape index (κ1) is 13.4. The smallest absolute Gasteiger partial charge is 0.354 e. The molecule has 1 aromatic carbocycles. The zero-order valence-electron chi connectivity index (χ0n) is 11.9. The highest BCUT2D eigenvalue weighted by atomic mass is 16.4. The number of carbonyl (C=O) groups is 1. The van der Waals surface area contributed by atoms with Crippen molar-refractivity contribution in [1.82, 2.24) is 5.43 Å². The van der Waals surface area contributed by atoms with Crippen LogP contribution < -0.4 is 25.8 Å². The van der Waals surface area contributed by atoms with Gasteiger partial charge in [-0.2, -0.15) is 0 Å². The van der Waals surface area contributed by atoms with E-state index in [4.69, 9.17) is 0 Å². The SMILES string of the molecule is CCN1C=CC=c2cc(O)c3c(c21)N(CC)NC=3C(=O)O. The Morgan fingerprint density at radius 2 is 2.05 bits per heavy atom. The first-order valence-electron chi connectivity index (χ1n) is 6.91. The Kier molecular flexibility index (Phi) is 3.01. The zero-order chi connectivity index (χ0) is 15.1. The number of benzene rings is 1. The third kappa shape index (κ3) is 1.83. The van der Waals surface area contributed by atoms with Gasteiger partial charge >= 0.3 is 5.97 Å². The van der Waals surface area contributed by atoms with E-state index in [2.05, 4.69) is 5.43 Å². The molecule has 6 heteroatoms.